The number of benzene rings is 2. The minimum Gasteiger partial charge on any atom is -0.378 e. The fourth-order valence-electron chi connectivity index (χ4n) is 6.53. The van der Waals surface area contributed by atoms with E-state index in [4.69, 9.17) is 0 Å². The third-order valence-electron chi connectivity index (χ3n) is 7.87. The fraction of sp³-hybridized carbons (Fsp3) is 0.519. The molecule has 2 fully saturated rings. The molecular weight excluding hydrogens is 368 g/mol. The monoisotopic (exact) mass is 402 g/mol. The summed E-state index contributed by atoms with van der Waals surface area (Å²) < 4.78 is 0. The summed E-state index contributed by atoms with van der Waals surface area (Å²) in [5.41, 5.74) is 5.06. The maximum Gasteiger partial charge on any atom is 0.224 e. The molecule has 5 rings (SSSR count). The quantitative estimate of drug-likeness (QED) is 0.571. The molecule has 2 saturated carbocycles. The number of hydrogen-bond donors (Lipinski definition) is 2. The number of amides is 1. The van der Waals surface area contributed by atoms with Crippen molar-refractivity contribution in [2.75, 3.05) is 10.6 Å². The molecule has 2 N–H and O–H groups in total. The summed E-state index contributed by atoms with van der Waals surface area (Å²) in [5, 5.41) is 7.07. The Labute approximate surface area is 180 Å². The molecule has 5 atom stereocenters. The third kappa shape index (κ3) is 3.64. The zero-order valence-corrected chi connectivity index (χ0v) is 18.1. The van der Waals surface area contributed by atoms with Gasteiger partial charge in [-0.1, -0.05) is 56.5 Å². The van der Waals surface area contributed by atoms with Gasteiger partial charge in [0.15, 0.2) is 0 Å². The molecule has 3 aliphatic rings. The number of hydrogen-bond acceptors (Lipinski definition) is 2. The second kappa shape index (κ2) is 8.45. The van der Waals surface area contributed by atoms with Crippen LogP contribution in [0.15, 0.2) is 48.5 Å². The van der Waals surface area contributed by atoms with Gasteiger partial charge < -0.3 is 10.6 Å². The molecule has 1 heterocycles. The molecule has 30 heavy (non-hydrogen) atoms. The van der Waals surface area contributed by atoms with Gasteiger partial charge in [-0.25, -0.2) is 0 Å². The van der Waals surface area contributed by atoms with Crippen molar-refractivity contribution < 1.29 is 4.79 Å². The van der Waals surface area contributed by atoms with E-state index in [0.29, 0.717) is 24.3 Å². The lowest BCUT2D eigenvalue weighted by molar-refractivity contribution is -0.116. The molecule has 3 nitrogen and oxygen atoms in total. The standard InChI is InChI=1S/C27H34N2O/c1-2-3-12-25(30)28-20-14-16-24-23(17-20)22-15-13-18-10-7-11-21(18)26(22)27(29-24)19-8-5-4-6-9-19/h4-6,8-9,14,16-18,21-22,26-27,29H,2-3,7,10-13,15H2,1H3,(H,28,30). The highest BCUT2D eigenvalue weighted by molar-refractivity contribution is 5.91. The number of carbonyl (C=O) groups excluding carboxylic acids is 1. The van der Waals surface area contributed by atoms with Gasteiger partial charge >= 0.3 is 0 Å². The van der Waals surface area contributed by atoms with Crippen molar-refractivity contribution in [2.45, 2.75) is 70.3 Å². The number of anilines is 2. The van der Waals surface area contributed by atoms with E-state index in [1.807, 2.05) is 0 Å². The van der Waals surface area contributed by atoms with E-state index in [-0.39, 0.29) is 5.91 Å². The molecule has 2 aromatic carbocycles. The first-order chi connectivity index (χ1) is 14.7. The minimum absolute atomic E-state index is 0.138. The van der Waals surface area contributed by atoms with Crippen LogP contribution in [0.1, 0.15) is 81.4 Å². The predicted molar refractivity (Wildman–Crippen MR) is 124 cm³/mol. The van der Waals surface area contributed by atoms with Crippen molar-refractivity contribution in [3.63, 3.8) is 0 Å². The maximum absolute atomic E-state index is 12.3. The highest BCUT2D eigenvalue weighted by atomic mass is 16.1. The molecular formula is C27H34N2O. The van der Waals surface area contributed by atoms with Crippen LogP contribution in [-0.2, 0) is 4.79 Å². The molecule has 2 aliphatic carbocycles. The number of rotatable bonds is 5. The summed E-state index contributed by atoms with van der Waals surface area (Å²) in [6.45, 7) is 2.13. The van der Waals surface area contributed by atoms with Gasteiger partial charge in [-0.3, -0.25) is 4.79 Å². The van der Waals surface area contributed by atoms with Gasteiger partial charge in [-0.2, -0.15) is 0 Å². The SMILES string of the molecule is CCCCC(=O)Nc1ccc2c(c1)C1CCC3CCCC3C1C(c1ccccc1)N2. The first kappa shape index (κ1) is 19.7. The molecule has 0 spiro atoms. The summed E-state index contributed by atoms with van der Waals surface area (Å²) in [7, 11) is 0. The lowest BCUT2D eigenvalue weighted by Crippen LogP contribution is -2.41. The van der Waals surface area contributed by atoms with Gasteiger partial charge in [0, 0.05) is 17.8 Å². The van der Waals surface area contributed by atoms with Crippen LogP contribution in [0, 0.1) is 17.8 Å². The van der Waals surface area contributed by atoms with Crippen LogP contribution < -0.4 is 10.6 Å². The zero-order chi connectivity index (χ0) is 20.5. The predicted octanol–water partition coefficient (Wildman–Crippen LogP) is 6.89. The molecule has 0 saturated heterocycles. The molecule has 1 aliphatic heterocycles. The van der Waals surface area contributed by atoms with E-state index in [0.717, 1.165) is 30.4 Å². The second-order valence-electron chi connectivity index (χ2n) is 9.60. The third-order valence-corrected chi connectivity index (χ3v) is 7.87. The molecule has 2 aromatic rings. The Morgan fingerprint density at radius 2 is 1.93 bits per heavy atom. The van der Waals surface area contributed by atoms with Crippen LogP contribution in [0.25, 0.3) is 0 Å². The van der Waals surface area contributed by atoms with Crippen LogP contribution in [0.5, 0.6) is 0 Å². The Bertz CT molecular complexity index is 893. The molecule has 0 bridgehead atoms. The number of unbranched alkanes of at least 4 members (excludes halogenated alkanes) is 1. The highest BCUT2D eigenvalue weighted by Crippen LogP contribution is 2.59. The van der Waals surface area contributed by atoms with Gasteiger partial charge in [0.25, 0.3) is 0 Å². The van der Waals surface area contributed by atoms with Crippen molar-refractivity contribution >= 4 is 17.3 Å². The van der Waals surface area contributed by atoms with Crippen molar-refractivity contribution in [3.05, 3.63) is 59.7 Å². The summed E-state index contributed by atoms with van der Waals surface area (Å²) in [6, 6.07) is 18.0. The first-order valence-electron chi connectivity index (χ1n) is 12.0. The fourth-order valence-corrected chi connectivity index (χ4v) is 6.53. The zero-order valence-electron chi connectivity index (χ0n) is 18.1. The number of carbonyl (C=O) groups is 1. The van der Waals surface area contributed by atoms with Gasteiger partial charge in [0.1, 0.15) is 0 Å². The topological polar surface area (TPSA) is 41.1 Å². The molecule has 3 heteroatoms. The second-order valence-corrected chi connectivity index (χ2v) is 9.60. The average Bonchev–Trinajstić information content (AvgIpc) is 3.27. The van der Waals surface area contributed by atoms with E-state index in [9.17, 15) is 4.79 Å². The molecule has 158 valence electrons. The largest absolute Gasteiger partial charge is 0.378 e. The Morgan fingerprint density at radius 1 is 1.07 bits per heavy atom. The highest BCUT2D eigenvalue weighted by Gasteiger charge is 2.48. The van der Waals surface area contributed by atoms with Crippen molar-refractivity contribution in [3.8, 4) is 0 Å². The normalized spacial score (nSPS) is 29.3. The summed E-state index contributed by atoms with van der Waals surface area (Å²) in [6.07, 6.45) is 9.42. The van der Waals surface area contributed by atoms with Crippen LogP contribution in [0.3, 0.4) is 0 Å². The Kier molecular flexibility index (Phi) is 5.54. The smallest absolute Gasteiger partial charge is 0.224 e. The van der Waals surface area contributed by atoms with Gasteiger partial charge in [0.2, 0.25) is 5.91 Å². The van der Waals surface area contributed by atoms with Crippen molar-refractivity contribution in [1.29, 1.82) is 0 Å². The number of fused-ring (bicyclic) bond motifs is 5. The van der Waals surface area contributed by atoms with Gasteiger partial charge in [0.05, 0.1) is 6.04 Å². The maximum atomic E-state index is 12.3. The van der Waals surface area contributed by atoms with Gasteiger partial charge in [-0.15, -0.1) is 0 Å². The molecule has 0 radical (unpaired) electrons. The lowest BCUT2D eigenvalue weighted by Gasteiger charge is -2.49. The lowest BCUT2D eigenvalue weighted by atomic mass is 9.60. The molecule has 5 unspecified atom stereocenters. The van der Waals surface area contributed by atoms with E-state index < -0.39 is 0 Å². The summed E-state index contributed by atoms with van der Waals surface area (Å²) >= 11 is 0. The van der Waals surface area contributed by atoms with E-state index in [1.165, 1.54) is 48.9 Å². The van der Waals surface area contributed by atoms with E-state index in [2.05, 4.69) is 66.1 Å². The Balaban J connectivity index is 1.48. The first-order valence-corrected chi connectivity index (χ1v) is 12.0. The van der Waals surface area contributed by atoms with Crippen LogP contribution in [0.4, 0.5) is 11.4 Å². The van der Waals surface area contributed by atoms with E-state index in [1.54, 1.807) is 0 Å². The Morgan fingerprint density at radius 3 is 2.77 bits per heavy atom. The Hall–Kier alpha value is -2.29. The van der Waals surface area contributed by atoms with Crippen molar-refractivity contribution in [1.82, 2.24) is 0 Å². The van der Waals surface area contributed by atoms with Gasteiger partial charge in [-0.05, 0) is 78.7 Å². The average molecular weight is 403 g/mol. The summed E-state index contributed by atoms with van der Waals surface area (Å²) in [4.78, 5) is 12.3. The van der Waals surface area contributed by atoms with Crippen molar-refractivity contribution in [2.24, 2.45) is 17.8 Å². The molecule has 1 amide bonds. The van der Waals surface area contributed by atoms with E-state index >= 15 is 0 Å². The van der Waals surface area contributed by atoms with Crippen LogP contribution in [0.2, 0.25) is 0 Å². The minimum atomic E-state index is 0.138. The molecule has 0 aromatic heterocycles. The van der Waals surface area contributed by atoms with Crippen LogP contribution in [-0.4, -0.2) is 5.91 Å². The number of nitrogens with one attached hydrogen (secondary N) is 2. The summed E-state index contributed by atoms with van der Waals surface area (Å²) in [5.74, 6) is 3.08. The van der Waals surface area contributed by atoms with Crippen LogP contribution >= 0.6 is 0 Å².